The first-order valence-corrected chi connectivity index (χ1v) is 17.6. The topological polar surface area (TPSA) is 47.9 Å². The zero-order valence-electron chi connectivity index (χ0n) is 28.7. The van der Waals surface area contributed by atoms with Crippen LogP contribution in [0.5, 0.6) is 5.75 Å². The van der Waals surface area contributed by atoms with E-state index in [9.17, 15) is 31.4 Å². The Hall–Kier alpha value is -2.09. The number of hydrogen-bond donors (Lipinski definition) is 1. The van der Waals surface area contributed by atoms with Gasteiger partial charge < -0.3 is 18.7 Å². The molecule has 4 radical (unpaired) electrons. The minimum atomic E-state index is -6.01. The molecule has 0 saturated heterocycles. The molecule has 0 saturated carbocycles. The van der Waals surface area contributed by atoms with Gasteiger partial charge in [-0.2, -0.15) is 26.3 Å². The summed E-state index contributed by atoms with van der Waals surface area (Å²) in [5.41, 5.74) is -4.09. The Bertz CT molecular complexity index is 1440. The van der Waals surface area contributed by atoms with Gasteiger partial charge in [-0.15, -0.1) is 11.3 Å². The predicted octanol–water partition coefficient (Wildman–Crippen LogP) is 10.2. The van der Waals surface area contributed by atoms with Crippen LogP contribution in [0.15, 0.2) is 36.4 Å². The molecule has 13 heteroatoms. The van der Waals surface area contributed by atoms with Crippen LogP contribution < -0.4 is 4.74 Å². The smallest absolute Gasteiger partial charge is 0.438 e. The van der Waals surface area contributed by atoms with Gasteiger partial charge >= 0.3 is 18.0 Å². The number of aliphatic hydroxyl groups is 1. The maximum atomic E-state index is 13.0. The van der Waals surface area contributed by atoms with Crippen LogP contribution in [0.1, 0.15) is 103 Å². The highest BCUT2D eigenvalue weighted by molar-refractivity contribution is 7.13. The van der Waals surface area contributed by atoms with Crippen molar-refractivity contribution in [3.63, 3.8) is 0 Å². The number of benzene rings is 1. The lowest BCUT2D eigenvalue weighted by atomic mass is 9.85. The number of allylic oxidation sites excluding steroid dienone is 2. The molecule has 0 aliphatic rings. The van der Waals surface area contributed by atoms with Gasteiger partial charge in [-0.1, -0.05) is 60.5 Å². The third-order valence-electron chi connectivity index (χ3n) is 6.57. The van der Waals surface area contributed by atoms with Gasteiger partial charge in [-0.3, -0.25) is 0 Å². The van der Waals surface area contributed by atoms with Gasteiger partial charge in [0.25, 0.3) is 0 Å². The van der Waals surface area contributed by atoms with E-state index in [-0.39, 0.29) is 42.6 Å². The lowest BCUT2D eigenvalue weighted by Crippen LogP contribution is -2.55. The Morgan fingerprint density at radius 1 is 0.787 bits per heavy atom. The van der Waals surface area contributed by atoms with Gasteiger partial charge in [-0.05, 0) is 97.2 Å². The lowest BCUT2D eigenvalue weighted by Gasteiger charge is -2.37. The van der Waals surface area contributed by atoms with E-state index in [2.05, 4.69) is 41.5 Å². The largest absolute Gasteiger partial charge is 0.488 e. The first-order valence-electron chi connectivity index (χ1n) is 15.0. The van der Waals surface area contributed by atoms with Crippen molar-refractivity contribution in [1.82, 2.24) is 0 Å². The Morgan fingerprint density at radius 2 is 1.30 bits per heavy atom. The van der Waals surface area contributed by atoms with Gasteiger partial charge in [0.1, 0.15) is 12.4 Å². The Balaban J connectivity index is 2.38. The van der Waals surface area contributed by atoms with E-state index in [1.165, 1.54) is 11.3 Å². The molecular weight excluding hydrogens is 675 g/mol. The average molecular weight is 719 g/mol. The minimum Gasteiger partial charge on any atom is -0.488 e. The molecule has 0 atom stereocenters. The summed E-state index contributed by atoms with van der Waals surface area (Å²) < 4.78 is 96.9. The van der Waals surface area contributed by atoms with Crippen LogP contribution in [-0.2, 0) is 26.7 Å². The van der Waals surface area contributed by atoms with Gasteiger partial charge in [0.05, 0.1) is 11.2 Å². The Morgan fingerprint density at radius 3 is 1.77 bits per heavy atom. The second-order valence-electron chi connectivity index (χ2n) is 14.2. The first-order chi connectivity index (χ1) is 21.1. The lowest BCUT2D eigenvalue weighted by molar-refractivity contribution is -0.343. The molecule has 2 rings (SSSR count). The van der Waals surface area contributed by atoms with Crippen LogP contribution in [-0.4, -0.2) is 42.6 Å². The van der Waals surface area contributed by atoms with E-state index in [1.54, 1.807) is 25.0 Å². The SMILES string of the molecule is CCC(=CC#CC(O)(C(F)(F)F)C(F)(F)F)c1ccc(COc2ccc(C(C)(C)O[Si]C(C)(C)C)c(C(C)(C)O[Si]C(C)(C)C)c2)s1. The molecule has 0 fully saturated rings. The highest BCUT2D eigenvalue weighted by Gasteiger charge is 2.70. The maximum absolute atomic E-state index is 13.0. The monoisotopic (exact) mass is 718 g/mol. The standard InChI is InChI=1S/C34H44F6O4SSi2/c1-12-22(14-13-19-32(41,33(35,36)37)34(38,39)40)27-18-16-24(45-27)21-42-23-15-17-25(30(8,9)43-46-28(2,3)4)26(20-23)31(10,11)44-47-29(5,6)7/h14-18,20,41H,12,21H2,1-11H3. The molecule has 0 aliphatic carbocycles. The highest BCUT2D eigenvalue weighted by Crippen LogP contribution is 2.43. The molecular formula is C34H44F6O4SSi2. The third kappa shape index (κ3) is 11.5. The van der Waals surface area contributed by atoms with E-state index in [4.69, 9.17) is 13.6 Å². The van der Waals surface area contributed by atoms with Crippen LogP contribution in [0.3, 0.4) is 0 Å². The van der Waals surface area contributed by atoms with Gasteiger partial charge in [0.2, 0.25) is 19.5 Å². The van der Waals surface area contributed by atoms with Gasteiger partial charge in [-0.25, -0.2) is 0 Å². The summed E-state index contributed by atoms with van der Waals surface area (Å²) in [6.45, 7) is 22.7. The number of hydrogen-bond acceptors (Lipinski definition) is 5. The number of rotatable bonds is 11. The van der Waals surface area contributed by atoms with Crippen LogP contribution in [0.4, 0.5) is 26.3 Å². The zero-order chi connectivity index (χ0) is 36.3. The summed E-state index contributed by atoms with van der Waals surface area (Å²) in [6.07, 6.45) is -10.8. The van der Waals surface area contributed by atoms with Gasteiger partial charge in [0, 0.05) is 9.75 Å². The van der Waals surface area contributed by atoms with Crippen molar-refractivity contribution < 1.29 is 45.0 Å². The highest BCUT2D eigenvalue weighted by atomic mass is 32.1. The molecule has 2 aromatic rings. The molecule has 1 aromatic heterocycles. The normalized spacial score (nSPS) is 14.2. The van der Waals surface area contributed by atoms with Crippen molar-refractivity contribution in [2.75, 3.05) is 0 Å². The molecule has 0 unspecified atom stereocenters. The van der Waals surface area contributed by atoms with Crippen LogP contribution >= 0.6 is 11.3 Å². The quantitative estimate of drug-likeness (QED) is 0.143. The number of halogens is 6. The second kappa shape index (κ2) is 14.8. The first kappa shape index (κ1) is 41.1. The summed E-state index contributed by atoms with van der Waals surface area (Å²) in [7, 11) is 0.503. The van der Waals surface area contributed by atoms with E-state index in [0.717, 1.165) is 28.0 Å². The molecule has 4 nitrogen and oxygen atoms in total. The van der Waals surface area contributed by atoms with E-state index >= 15 is 0 Å². The fourth-order valence-electron chi connectivity index (χ4n) is 3.97. The summed E-state index contributed by atoms with van der Waals surface area (Å²) in [6, 6.07) is 9.29. The van der Waals surface area contributed by atoms with Crippen molar-refractivity contribution in [3.8, 4) is 17.6 Å². The molecule has 47 heavy (non-hydrogen) atoms. The van der Waals surface area contributed by atoms with Crippen LogP contribution in [0.2, 0.25) is 10.1 Å². The third-order valence-corrected chi connectivity index (χ3v) is 10.2. The summed E-state index contributed by atoms with van der Waals surface area (Å²) in [5, 5.41) is 9.26. The van der Waals surface area contributed by atoms with Crippen molar-refractivity contribution in [3.05, 3.63) is 57.3 Å². The molecule has 0 spiro atoms. The molecule has 1 aromatic carbocycles. The van der Waals surface area contributed by atoms with Crippen LogP contribution in [0, 0.1) is 11.8 Å². The summed E-state index contributed by atoms with van der Waals surface area (Å²) >= 11 is 1.28. The van der Waals surface area contributed by atoms with E-state index in [0.29, 0.717) is 16.2 Å². The number of thiophene rings is 1. The second-order valence-corrected chi connectivity index (χ2v) is 19.2. The molecule has 0 bridgehead atoms. The van der Waals surface area contributed by atoms with Crippen LogP contribution in [0.25, 0.3) is 5.57 Å². The summed E-state index contributed by atoms with van der Waals surface area (Å²) in [5.74, 6) is 3.35. The van der Waals surface area contributed by atoms with Crippen molar-refractivity contribution in [1.29, 1.82) is 0 Å². The molecule has 0 aliphatic heterocycles. The Labute approximate surface area is 284 Å². The maximum Gasteiger partial charge on any atom is 0.438 e. The predicted molar refractivity (Wildman–Crippen MR) is 177 cm³/mol. The molecule has 1 heterocycles. The average Bonchev–Trinajstić information content (AvgIpc) is 3.38. The minimum absolute atomic E-state index is 0.00532. The molecule has 260 valence electrons. The number of ether oxygens (including phenoxy) is 1. The summed E-state index contributed by atoms with van der Waals surface area (Å²) in [4.78, 5) is 1.38. The Kier molecular flexibility index (Phi) is 12.9. The molecule has 1 N–H and O–H groups in total. The van der Waals surface area contributed by atoms with Crippen molar-refractivity contribution in [2.24, 2.45) is 0 Å². The van der Waals surface area contributed by atoms with Crippen molar-refractivity contribution >= 4 is 36.4 Å². The number of alkyl halides is 6. The molecule has 0 amide bonds. The zero-order valence-corrected chi connectivity index (χ0v) is 31.5. The van der Waals surface area contributed by atoms with Crippen molar-refractivity contribution in [2.45, 2.75) is 128 Å². The fraction of sp³-hybridized carbons (Fsp3) is 0.588. The fourth-order valence-corrected chi connectivity index (χ4v) is 6.32. The van der Waals surface area contributed by atoms with E-state index < -0.39 is 29.2 Å². The van der Waals surface area contributed by atoms with Gasteiger partial charge in [0.15, 0.2) is 0 Å². The van der Waals surface area contributed by atoms with E-state index in [1.807, 2.05) is 45.9 Å².